The third-order valence-electron chi connectivity index (χ3n) is 13.7. The summed E-state index contributed by atoms with van der Waals surface area (Å²) in [6, 6.07) is 0. The molecular formula is C31H52O. The Morgan fingerprint density at radius 2 is 1.50 bits per heavy atom. The molecule has 5 rings (SSSR count). The highest BCUT2D eigenvalue weighted by Crippen LogP contribution is 2.89. The number of hydrogen-bond donors (Lipinski definition) is 1. The topological polar surface area (TPSA) is 20.2 Å². The maximum absolute atomic E-state index is 10.9. The third-order valence-corrected chi connectivity index (χ3v) is 13.7. The molecule has 0 saturated heterocycles. The Balaban J connectivity index is 1.39. The minimum absolute atomic E-state index is 0.0879. The average molecular weight is 441 g/mol. The molecule has 5 aliphatic carbocycles. The SMILES string of the molecule is C=C(C)[C@H](C)CC[C@@H](C)[C@H]1CC[C@@]2(C)[C@@H]3CC[C@H]4C(C)(C)[C@H](O)CC[C@@]45C[C@@]35CC[C@]12C. The molecule has 5 saturated carbocycles. The summed E-state index contributed by atoms with van der Waals surface area (Å²) in [6.07, 6.45) is 15.1. The van der Waals surface area contributed by atoms with Gasteiger partial charge in [0, 0.05) is 0 Å². The van der Waals surface area contributed by atoms with E-state index in [1.54, 1.807) is 0 Å². The van der Waals surface area contributed by atoms with Gasteiger partial charge in [0.15, 0.2) is 0 Å². The Hall–Kier alpha value is -0.300. The Labute approximate surface area is 199 Å². The van der Waals surface area contributed by atoms with Gasteiger partial charge in [-0.2, -0.15) is 0 Å². The average Bonchev–Trinajstić information content (AvgIpc) is 3.31. The summed E-state index contributed by atoms with van der Waals surface area (Å²) >= 11 is 0. The van der Waals surface area contributed by atoms with Crippen molar-refractivity contribution in [3.8, 4) is 0 Å². The van der Waals surface area contributed by atoms with Crippen LogP contribution in [0.25, 0.3) is 0 Å². The van der Waals surface area contributed by atoms with Gasteiger partial charge in [0.25, 0.3) is 0 Å². The lowest BCUT2D eigenvalue weighted by Crippen LogP contribution is -2.57. The van der Waals surface area contributed by atoms with Gasteiger partial charge in [0.2, 0.25) is 0 Å². The van der Waals surface area contributed by atoms with Crippen molar-refractivity contribution in [1.29, 1.82) is 0 Å². The van der Waals surface area contributed by atoms with Crippen LogP contribution in [-0.2, 0) is 0 Å². The maximum atomic E-state index is 10.9. The first-order valence-electron chi connectivity index (χ1n) is 14.2. The van der Waals surface area contributed by atoms with Gasteiger partial charge in [-0.25, -0.2) is 0 Å². The lowest BCUT2D eigenvalue weighted by molar-refractivity contribution is -0.161. The van der Waals surface area contributed by atoms with Gasteiger partial charge < -0.3 is 5.11 Å². The van der Waals surface area contributed by atoms with Gasteiger partial charge >= 0.3 is 0 Å². The van der Waals surface area contributed by atoms with Crippen LogP contribution in [0.2, 0.25) is 0 Å². The van der Waals surface area contributed by atoms with E-state index >= 15 is 0 Å². The molecule has 1 nitrogen and oxygen atoms in total. The van der Waals surface area contributed by atoms with E-state index in [1.165, 1.54) is 69.8 Å². The fraction of sp³-hybridized carbons (Fsp3) is 0.935. The predicted molar refractivity (Wildman–Crippen MR) is 135 cm³/mol. The van der Waals surface area contributed by atoms with Crippen LogP contribution in [0.3, 0.4) is 0 Å². The molecule has 0 bridgehead atoms. The molecule has 10 atom stereocenters. The van der Waals surface area contributed by atoms with Crippen molar-refractivity contribution in [2.24, 2.45) is 56.7 Å². The van der Waals surface area contributed by atoms with Gasteiger partial charge in [-0.3, -0.25) is 0 Å². The molecule has 0 aliphatic heterocycles. The third kappa shape index (κ3) is 2.73. The smallest absolute Gasteiger partial charge is 0.0594 e. The Bertz CT molecular complexity index is 781. The second kappa shape index (κ2) is 7.11. The number of allylic oxidation sites excluding steroid dienone is 1. The van der Waals surface area contributed by atoms with Crippen molar-refractivity contribution < 1.29 is 5.11 Å². The molecule has 0 aromatic carbocycles. The van der Waals surface area contributed by atoms with E-state index in [1.807, 2.05) is 0 Å². The molecule has 1 heteroatoms. The number of aliphatic hydroxyl groups excluding tert-OH is 1. The highest BCUT2D eigenvalue weighted by molar-refractivity contribution is 5.30. The summed E-state index contributed by atoms with van der Waals surface area (Å²) in [5, 5.41) is 10.9. The first kappa shape index (κ1) is 23.4. The highest BCUT2D eigenvalue weighted by atomic mass is 16.3. The molecule has 32 heavy (non-hydrogen) atoms. The Morgan fingerprint density at radius 1 is 0.844 bits per heavy atom. The van der Waals surface area contributed by atoms with E-state index in [0.29, 0.717) is 27.6 Å². The summed E-state index contributed by atoms with van der Waals surface area (Å²) < 4.78 is 0. The first-order chi connectivity index (χ1) is 14.9. The number of aliphatic hydroxyl groups is 1. The first-order valence-corrected chi connectivity index (χ1v) is 14.2. The molecule has 2 spiro atoms. The monoisotopic (exact) mass is 440 g/mol. The zero-order valence-corrected chi connectivity index (χ0v) is 22.4. The lowest BCUT2D eigenvalue weighted by Gasteiger charge is -2.63. The van der Waals surface area contributed by atoms with Crippen LogP contribution in [0.15, 0.2) is 12.2 Å². The zero-order chi connectivity index (χ0) is 23.3. The molecule has 5 fully saturated rings. The highest BCUT2D eigenvalue weighted by Gasteiger charge is 2.82. The summed E-state index contributed by atoms with van der Waals surface area (Å²) in [7, 11) is 0. The quantitative estimate of drug-likeness (QED) is 0.425. The van der Waals surface area contributed by atoms with Crippen molar-refractivity contribution in [3.05, 3.63) is 12.2 Å². The molecule has 0 heterocycles. The van der Waals surface area contributed by atoms with Gasteiger partial charge in [-0.1, -0.05) is 53.7 Å². The fourth-order valence-electron chi connectivity index (χ4n) is 11.3. The van der Waals surface area contributed by atoms with Crippen molar-refractivity contribution in [1.82, 2.24) is 0 Å². The van der Waals surface area contributed by atoms with Gasteiger partial charge in [0.05, 0.1) is 6.10 Å². The molecule has 0 aromatic rings. The van der Waals surface area contributed by atoms with E-state index in [2.05, 4.69) is 55.0 Å². The van der Waals surface area contributed by atoms with Crippen LogP contribution in [-0.4, -0.2) is 11.2 Å². The standard InChI is InChI=1S/C31H52O/c1-20(2)21(3)9-10-22(4)23-13-15-29(8)25-12-11-24-27(5,6)26(32)14-16-30(24)19-31(25,30)18-17-28(23,29)7/h21-26,32H,1,9-19H2,2-8H3/t21-,22-,23-,24+,25+,26-,28-,29+,30-,31+/m1/s1. The zero-order valence-electron chi connectivity index (χ0n) is 22.4. The van der Waals surface area contributed by atoms with Crippen LogP contribution >= 0.6 is 0 Å². The summed E-state index contributed by atoms with van der Waals surface area (Å²) in [6.45, 7) is 21.6. The summed E-state index contributed by atoms with van der Waals surface area (Å²) in [5.74, 6) is 4.09. The predicted octanol–water partition coefficient (Wildman–Crippen LogP) is 8.41. The summed E-state index contributed by atoms with van der Waals surface area (Å²) in [4.78, 5) is 0. The number of rotatable bonds is 5. The molecule has 1 N–H and O–H groups in total. The lowest BCUT2D eigenvalue weighted by atomic mass is 9.41. The molecule has 0 amide bonds. The van der Waals surface area contributed by atoms with Crippen molar-refractivity contribution in [3.63, 3.8) is 0 Å². The van der Waals surface area contributed by atoms with Crippen molar-refractivity contribution >= 4 is 0 Å². The molecule has 182 valence electrons. The number of fused-ring (bicyclic) bond motifs is 2. The van der Waals surface area contributed by atoms with Crippen LogP contribution in [0, 0.1) is 56.7 Å². The van der Waals surface area contributed by atoms with E-state index in [9.17, 15) is 5.11 Å². The maximum Gasteiger partial charge on any atom is 0.0594 e. The van der Waals surface area contributed by atoms with E-state index in [-0.39, 0.29) is 11.5 Å². The Morgan fingerprint density at radius 3 is 2.19 bits per heavy atom. The van der Waals surface area contributed by atoms with Gasteiger partial charge in [0.1, 0.15) is 0 Å². The van der Waals surface area contributed by atoms with Crippen molar-refractivity contribution in [2.75, 3.05) is 0 Å². The molecular weight excluding hydrogens is 388 g/mol. The minimum atomic E-state index is -0.0879. The van der Waals surface area contributed by atoms with E-state index in [4.69, 9.17) is 0 Å². The van der Waals surface area contributed by atoms with Crippen LogP contribution in [0.5, 0.6) is 0 Å². The van der Waals surface area contributed by atoms with Crippen LogP contribution < -0.4 is 0 Å². The number of hydrogen-bond acceptors (Lipinski definition) is 1. The van der Waals surface area contributed by atoms with E-state index < -0.39 is 0 Å². The molecule has 5 aliphatic rings. The van der Waals surface area contributed by atoms with Crippen molar-refractivity contribution in [2.45, 2.75) is 125 Å². The molecule has 0 unspecified atom stereocenters. The largest absolute Gasteiger partial charge is 0.393 e. The van der Waals surface area contributed by atoms with Gasteiger partial charge in [-0.15, -0.1) is 0 Å². The molecule has 0 radical (unpaired) electrons. The van der Waals surface area contributed by atoms with E-state index in [0.717, 1.165) is 30.1 Å². The second-order valence-electron chi connectivity index (χ2n) is 14.8. The second-order valence-corrected chi connectivity index (χ2v) is 14.8. The Kier molecular flexibility index (Phi) is 5.21. The van der Waals surface area contributed by atoms with Crippen LogP contribution in [0.1, 0.15) is 119 Å². The normalized spacial score (nSPS) is 52.8. The fourth-order valence-corrected chi connectivity index (χ4v) is 11.3. The summed E-state index contributed by atoms with van der Waals surface area (Å²) in [5.41, 5.74) is 3.71. The minimum Gasteiger partial charge on any atom is -0.393 e. The van der Waals surface area contributed by atoms with Crippen LogP contribution in [0.4, 0.5) is 0 Å². The molecule has 0 aromatic heterocycles. The van der Waals surface area contributed by atoms with Gasteiger partial charge in [-0.05, 0) is 134 Å².